The van der Waals surface area contributed by atoms with Crippen LogP contribution in [0.1, 0.15) is 31.2 Å². The number of aliphatic hydroxyl groups is 1. The Hall–Kier alpha value is -1.09. The molecule has 0 bridgehead atoms. The molecule has 0 aliphatic carbocycles. The second kappa shape index (κ2) is 5.85. The van der Waals surface area contributed by atoms with E-state index < -0.39 is 0 Å². The zero-order chi connectivity index (χ0) is 11.2. The molecule has 1 aliphatic heterocycles. The van der Waals surface area contributed by atoms with Crippen LogP contribution in [0.25, 0.3) is 0 Å². The molecule has 0 unspecified atom stereocenters. The van der Waals surface area contributed by atoms with Crippen molar-refractivity contribution in [1.29, 1.82) is 0 Å². The van der Waals surface area contributed by atoms with E-state index in [2.05, 4.69) is 16.0 Å². The van der Waals surface area contributed by atoms with Crippen LogP contribution in [0.4, 0.5) is 5.82 Å². The Labute approximate surface area is 97.1 Å². The summed E-state index contributed by atoms with van der Waals surface area (Å²) < 4.78 is 0. The molecule has 0 radical (unpaired) electrons. The van der Waals surface area contributed by atoms with Gasteiger partial charge >= 0.3 is 0 Å². The van der Waals surface area contributed by atoms with Crippen molar-refractivity contribution in [1.82, 2.24) is 4.98 Å². The second-order valence-electron chi connectivity index (χ2n) is 4.36. The standard InChI is InChI=1S/C13H20N2O/c16-11-5-7-12-6-4-8-14-13(12)15-9-2-1-3-10-15/h4,6,8,16H,1-3,5,7,9-11H2. The molecule has 1 aromatic heterocycles. The molecule has 0 saturated carbocycles. The summed E-state index contributed by atoms with van der Waals surface area (Å²) in [7, 11) is 0. The lowest BCUT2D eigenvalue weighted by Crippen LogP contribution is -2.31. The van der Waals surface area contributed by atoms with E-state index in [1.54, 1.807) is 0 Å². The van der Waals surface area contributed by atoms with Crippen molar-refractivity contribution in [2.45, 2.75) is 32.1 Å². The first-order chi connectivity index (χ1) is 7.92. The lowest BCUT2D eigenvalue weighted by Gasteiger charge is -2.29. The Bertz CT molecular complexity index is 321. The van der Waals surface area contributed by atoms with Gasteiger partial charge in [0.2, 0.25) is 0 Å². The van der Waals surface area contributed by atoms with Gasteiger partial charge in [-0.15, -0.1) is 0 Å². The third kappa shape index (κ3) is 2.73. The molecule has 2 rings (SSSR count). The number of aliphatic hydroxyl groups excluding tert-OH is 1. The summed E-state index contributed by atoms with van der Waals surface area (Å²) >= 11 is 0. The van der Waals surface area contributed by atoms with E-state index >= 15 is 0 Å². The first kappa shape index (κ1) is 11.4. The van der Waals surface area contributed by atoms with Gasteiger partial charge in [-0.3, -0.25) is 0 Å². The number of anilines is 1. The molecular weight excluding hydrogens is 200 g/mol. The lowest BCUT2D eigenvalue weighted by molar-refractivity contribution is 0.288. The van der Waals surface area contributed by atoms with Gasteiger partial charge < -0.3 is 10.0 Å². The van der Waals surface area contributed by atoms with Crippen LogP contribution < -0.4 is 4.90 Å². The van der Waals surface area contributed by atoms with Crippen molar-refractivity contribution in [3.63, 3.8) is 0 Å². The molecule has 1 saturated heterocycles. The van der Waals surface area contributed by atoms with E-state index in [0.29, 0.717) is 0 Å². The van der Waals surface area contributed by atoms with Gasteiger partial charge in [0, 0.05) is 25.9 Å². The van der Waals surface area contributed by atoms with Gasteiger partial charge in [-0.2, -0.15) is 0 Å². The number of hydrogen-bond acceptors (Lipinski definition) is 3. The molecule has 3 heteroatoms. The van der Waals surface area contributed by atoms with Crippen LogP contribution in [0.15, 0.2) is 18.3 Å². The maximum absolute atomic E-state index is 8.89. The van der Waals surface area contributed by atoms with Crippen molar-refractivity contribution in [2.24, 2.45) is 0 Å². The normalized spacial score (nSPS) is 16.4. The molecule has 0 spiro atoms. The number of rotatable bonds is 4. The van der Waals surface area contributed by atoms with Crippen molar-refractivity contribution in [2.75, 3.05) is 24.6 Å². The maximum Gasteiger partial charge on any atom is 0.131 e. The van der Waals surface area contributed by atoms with Gasteiger partial charge in [-0.1, -0.05) is 6.07 Å². The first-order valence-electron chi connectivity index (χ1n) is 6.21. The third-order valence-electron chi connectivity index (χ3n) is 3.13. The highest BCUT2D eigenvalue weighted by molar-refractivity contribution is 5.47. The van der Waals surface area contributed by atoms with Crippen molar-refractivity contribution >= 4 is 5.82 Å². The number of aromatic nitrogens is 1. The fraction of sp³-hybridized carbons (Fsp3) is 0.615. The summed E-state index contributed by atoms with van der Waals surface area (Å²) in [6, 6.07) is 4.12. The Morgan fingerprint density at radius 3 is 2.81 bits per heavy atom. The molecule has 1 fully saturated rings. The Morgan fingerprint density at radius 2 is 2.06 bits per heavy atom. The second-order valence-corrected chi connectivity index (χ2v) is 4.36. The quantitative estimate of drug-likeness (QED) is 0.843. The van der Waals surface area contributed by atoms with Crippen molar-refractivity contribution in [3.05, 3.63) is 23.9 Å². The summed E-state index contributed by atoms with van der Waals surface area (Å²) in [6.07, 6.45) is 7.51. The minimum atomic E-state index is 0.258. The van der Waals surface area contributed by atoms with Crippen LogP contribution in [0, 0.1) is 0 Å². The molecule has 0 aromatic carbocycles. The van der Waals surface area contributed by atoms with Crippen molar-refractivity contribution in [3.8, 4) is 0 Å². The number of nitrogens with zero attached hydrogens (tertiary/aromatic N) is 2. The molecule has 1 aliphatic rings. The van der Waals surface area contributed by atoms with Gasteiger partial charge in [0.15, 0.2) is 0 Å². The van der Waals surface area contributed by atoms with Crippen LogP contribution >= 0.6 is 0 Å². The van der Waals surface area contributed by atoms with Crippen LogP contribution in [0.5, 0.6) is 0 Å². The largest absolute Gasteiger partial charge is 0.396 e. The molecule has 16 heavy (non-hydrogen) atoms. The highest BCUT2D eigenvalue weighted by Crippen LogP contribution is 2.22. The monoisotopic (exact) mass is 220 g/mol. The average Bonchev–Trinajstić information content (AvgIpc) is 2.38. The molecule has 0 amide bonds. The van der Waals surface area contributed by atoms with Gasteiger partial charge in [-0.05, 0) is 43.7 Å². The number of aryl methyl sites for hydroxylation is 1. The van der Waals surface area contributed by atoms with Crippen molar-refractivity contribution < 1.29 is 5.11 Å². The first-order valence-corrected chi connectivity index (χ1v) is 6.21. The lowest BCUT2D eigenvalue weighted by atomic mass is 10.1. The number of pyridine rings is 1. The molecule has 88 valence electrons. The van der Waals surface area contributed by atoms with E-state index in [0.717, 1.165) is 31.7 Å². The summed E-state index contributed by atoms with van der Waals surface area (Å²) in [5.74, 6) is 1.13. The zero-order valence-corrected chi connectivity index (χ0v) is 9.73. The van der Waals surface area contributed by atoms with Gasteiger partial charge in [0.05, 0.1) is 0 Å². The molecule has 0 atom stereocenters. The molecule has 2 heterocycles. The van der Waals surface area contributed by atoms with E-state index in [9.17, 15) is 0 Å². The molecular formula is C13H20N2O. The minimum absolute atomic E-state index is 0.258. The fourth-order valence-electron chi connectivity index (χ4n) is 2.29. The van der Waals surface area contributed by atoms with Gasteiger partial charge in [-0.25, -0.2) is 4.98 Å². The van der Waals surface area contributed by atoms with E-state index in [-0.39, 0.29) is 6.61 Å². The summed E-state index contributed by atoms with van der Waals surface area (Å²) in [4.78, 5) is 6.88. The Balaban J connectivity index is 2.11. The molecule has 1 N–H and O–H groups in total. The van der Waals surface area contributed by atoms with Crippen LogP contribution in [-0.4, -0.2) is 29.8 Å². The van der Waals surface area contributed by atoms with Crippen LogP contribution in [0.2, 0.25) is 0 Å². The molecule has 3 nitrogen and oxygen atoms in total. The number of hydrogen-bond donors (Lipinski definition) is 1. The number of piperidine rings is 1. The predicted molar refractivity (Wildman–Crippen MR) is 65.7 cm³/mol. The summed E-state index contributed by atoms with van der Waals surface area (Å²) in [5, 5.41) is 8.89. The maximum atomic E-state index is 8.89. The predicted octanol–water partition coefficient (Wildman–Crippen LogP) is 2.00. The fourth-order valence-corrected chi connectivity index (χ4v) is 2.29. The van der Waals surface area contributed by atoms with E-state index in [4.69, 9.17) is 5.11 Å². The van der Waals surface area contributed by atoms with E-state index in [1.807, 2.05) is 12.3 Å². The average molecular weight is 220 g/mol. The highest BCUT2D eigenvalue weighted by Gasteiger charge is 2.14. The highest BCUT2D eigenvalue weighted by atomic mass is 16.2. The van der Waals surface area contributed by atoms with Gasteiger partial charge in [0.1, 0.15) is 5.82 Å². The van der Waals surface area contributed by atoms with Crippen LogP contribution in [-0.2, 0) is 6.42 Å². The zero-order valence-electron chi connectivity index (χ0n) is 9.73. The Morgan fingerprint density at radius 1 is 1.25 bits per heavy atom. The smallest absolute Gasteiger partial charge is 0.131 e. The summed E-state index contributed by atoms with van der Waals surface area (Å²) in [5.41, 5.74) is 1.28. The van der Waals surface area contributed by atoms with Gasteiger partial charge in [0.25, 0.3) is 0 Å². The molecule has 1 aromatic rings. The topological polar surface area (TPSA) is 36.4 Å². The minimum Gasteiger partial charge on any atom is -0.396 e. The van der Waals surface area contributed by atoms with Crippen LogP contribution in [0.3, 0.4) is 0 Å². The third-order valence-corrected chi connectivity index (χ3v) is 3.13. The SMILES string of the molecule is OCCCc1cccnc1N1CCCCC1. The van der Waals surface area contributed by atoms with E-state index in [1.165, 1.54) is 24.8 Å². The summed E-state index contributed by atoms with van der Waals surface area (Å²) in [6.45, 7) is 2.51. The Kier molecular flexibility index (Phi) is 4.17.